The van der Waals surface area contributed by atoms with Crippen molar-refractivity contribution in [2.24, 2.45) is 0 Å². The first-order valence-corrected chi connectivity index (χ1v) is 10.0. The van der Waals surface area contributed by atoms with Gasteiger partial charge in [0.15, 0.2) is 6.10 Å². The molecule has 0 bridgehead atoms. The number of anilines is 1. The maximum absolute atomic E-state index is 12.8. The lowest BCUT2D eigenvalue weighted by Gasteiger charge is -2.30. The van der Waals surface area contributed by atoms with Crippen LogP contribution in [0.5, 0.6) is 5.75 Å². The molecule has 5 heteroatoms. The fraction of sp³-hybridized carbons (Fsp3) is 0.458. The number of rotatable bonds is 4. The molecule has 0 unspecified atom stereocenters. The molecule has 2 aromatic carbocycles. The van der Waals surface area contributed by atoms with Crippen LogP contribution in [0, 0.1) is 13.8 Å². The van der Waals surface area contributed by atoms with Crippen molar-refractivity contribution >= 4 is 11.7 Å². The van der Waals surface area contributed by atoms with Crippen molar-refractivity contribution in [1.29, 1.82) is 0 Å². The van der Waals surface area contributed by atoms with Crippen molar-refractivity contribution in [3.63, 3.8) is 0 Å². The van der Waals surface area contributed by atoms with E-state index in [-0.39, 0.29) is 0 Å². The van der Waals surface area contributed by atoms with Gasteiger partial charge >= 0.3 is 5.97 Å². The Bertz CT molecular complexity index is 927. The molecule has 2 N–H and O–H groups in total. The first-order valence-electron chi connectivity index (χ1n) is 10.0. The average Bonchev–Trinajstić information content (AvgIpc) is 2.67. The van der Waals surface area contributed by atoms with Crippen LogP contribution in [0.3, 0.4) is 0 Å². The molecule has 29 heavy (non-hydrogen) atoms. The van der Waals surface area contributed by atoms with E-state index < -0.39 is 17.7 Å². The second kappa shape index (κ2) is 8.07. The molecule has 0 amide bonds. The zero-order valence-corrected chi connectivity index (χ0v) is 18.2. The number of esters is 1. The van der Waals surface area contributed by atoms with E-state index in [9.17, 15) is 4.79 Å². The quantitative estimate of drug-likeness (QED) is 0.586. The molecule has 1 atom stereocenters. The maximum Gasteiger partial charge on any atom is 0.339 e. The van der Waals surface area contributed by atoms with Crippen LogP contribution < -0.4 is 10.5 Å². The van der Waals surface area contributed by atoms with Gasteiger partial charge in [0.25, 0.3) is 0 Å². The summed E-state index contributed by atoms with van der Waals surface area (Å²) >= 11 is 0. The normalized spacial score (nSPS) is 14.7. The summed E-state index contributed by atoms with van der Waals surface area (Å²) in [6, 6.07) is 8.16. The van der Waals surface area contributed by atoms with Crippen LogP contribution >= 0.6 is 0 Å². The number of hydrogen-bond acceptors (Lipinski definition) is 5. The van der Waals surface area contributed by atoms with E-state index in [2.05, 4.69) is 6.07 Å². The van der Waals surface area contributed by atoms with Gasteiger partial charge in [0.05, 0.1) is 19.3 Å². The van der Waals surface area contributed by atoms with E-state index in [1.54, 1.807) is 0 Å². The molecule has 156 valence electrons. The van der Waals surface area contributed by atoms with Crippen LogP contribution in [0.1, 0.15) is 55.5 Å². The first kappa shape index (κ1) is 21.2. The number of benzene rings is 2. The third kappa shape index (κ3) is 4.40. The van der Waals surface area contributed by atoms with Gasteiger partial charge in [-0.05, 0) is 93.5 Å². The van der Waals surface area contributed by atoms with Gasteiger partial charge in [0.2, 0.25) is 0 Å². The van der Waals surface area contributed by atoms with Crippen LogP contribution in [0.4, 0.5) is 5.69 Å². The summed E-state index contributed by atoms with van der Waals surface area (Å²) in [5.74, 6) is 0.498. The molecule has 0 fully saturated rings. The number of carbonyl (C=O) groups is 1. The molecule has 0 saturated carbocycles. The number of nitrogens with two attached hydrogens (primary N) is 1. The maximum atomic E-state index is 12.8. The molecule has 0 spiro atoms. The van der Waals surface area contributed by atoms with Crippen molar-refractivity contribution in [3.05, 3.63) is 46.5 Å². The summed E-state index contributed by atoms with van der Waals surface area (Å²) in [6.07, 6.45) is 1.11. The van der Waals surface area contributed by atoms with Crippen LogP contribution in [-0.4, -0.2) is 25.3 Å². The molecule has 0 saturated heterocycles. The minimum Gasteiger partial charge on any atom is -0.493 e. The Labute approximate surface area is 173 Å². The number of hydrogen-bond donors (Lipinski definition) is 1. The predicted molar refractivity (Wildman–Crippen MR) is 115 cm³/mol. The van der Waals surface area contributed by atoms with Gasteiger partial charge in [0, 0.05) is 11.3 Å². The lowest BCUT2D eigenvalue weighted by molar-refractivity contribution is -0.164. The number of nitrogen functional groups attached to an aromatic ring is 1. The Morgan fingerprint density at radius 3 is 2.59 bits per heavy atom. The number of methoxy groups -OCH3 is 1. The van der Waals surface area contributed by atoms with Gasteiger partial charge in [-0.3, -0.25) is 0 Å². The summed E-state index contributed by atoms with van der Waals surface area (Å²) in [6.45, 7) is 10.5. The molecule has 1 aliphatic heterocycles. The van der Waals surface area contributed by atoms with Crippen molar-refractivity contribution < 1.29 is 19.0 Å². The molecular formula is C24H31NO4. The minimum absolute atomic E-state index is 0.435. The highest BCUT2D eigenvalue weighted by atomic mass is 16.6. The zero-order chi connectivity index (χ0) is 21.3. The second-order valence-corrected chi connectivity index (χ2v) is 8.60. The topological polar surface area (TPSA) is 70.8 Å². The van der Waals surface area contributed by atoms with Gasteiger partial charge in [-0.15, -0.1) is 0 Å². The molecule has 0 aromatic heterocycles. The fourth-order valence-electron chi connectivity index (χ4n) is 3.88. The van der Waals surface area contributed by atoms with Gasteiger partial charge < -0.3 is 19.9 Å². The third-order valence-electron chi connectivity index (χ3n) is 5.22. The second-order valence-electron chi connectivity index (χ2n) is 8.60. The minimum atomic E-state index is -0.871. The Hall–Kier alpha value is -2.53. The lowest BCUT2D eigenvalue weighted by atomic mass is 9.86. The molecule has 1 heterocycles. The van der Waals surface area contributed by atoms with Gasteiger partial charge in [-0.1, -0.05) is 6.07 Å². The highest BCUT2D eigenvalue weighted by Crippen LogP contribution is 2.41. The van der Waals surface area contributed by atoms with E-state index in [0.29, 0.717) is 5.69 Å². The van der Waals surface area contributed by atoms with Crippen molar-refractivity contribution in [1.82, 2.24) is 0 Å². The molecular weight excluding hydrogens is 366 g/mol. The van der Waals surface area contributed by atoms with E-state index in [4.69, 9.17) is 19.9 Å². The third-order valence-corrected chi connectivity index (χ3v) is 5.22. The van der Waals surface area contributed by atoms with E-state index in [1.165, 1.54) is 12.7 Å². The summed E-state index contributed by atoms with van der Waals surface area (Å²) in [7, 11) is 1.38. The van der Waals surface area contributed by atoms with E-state index in [0.717, 1.165) is 53.0 Å². The number of aryl methyl sites for hydroxylation is 2. The van der Waals surface area contributed by atoms with Crippen molar-refractivity contribution in [2.75, 3.05) is 19.5 Å². The van der Waals surface area contributed by atoms with Gasteiger partial charge in [-0.2, -0.15) is 0 Å². The molecule has 0 radical (unpaired) electrons. The zero-order valence-electron chi connectivity index (χ0n) is 18.2. The Kier molecular flexibility index (Phi) is 5.90. The van der Waals surface area contributed by atoms with Crippen LogP contribution in [0.25, 0.3) is 11.1 Å². The summed E-state index contributed by atoms with van der Waals surface area (Å²) in [5, 5.41) is 0. The molecule has 5 nitrogen and oxygen atoms in total. The summed E-state index contributed by atoms with van der Waals surface area (Å²) in [4.78, 5) is 12.8. The lowest BCUT2D eigenvalue weighted by Crippen LogP contribution is -2.29. The Morgan fingerprint density at radius 1 is 1.21 bits per heavy atom. The molecule has 1 aliphatic rings. The summed E-state index contributed by atoms with van der Waals surface area (Å²) < 4.78 is 17.1. The standard InChI is InChI=1S/C24H31NO4/c1-14-12-18(25)15(2)21(22(23(26)27-6)29-24(3,4)5)20(14)17-9-10-19-16(13-17)8-7-11-28-19/h9-10,12-13,22H,7-8,11,25H2,1-6H3/t22-/m0/s1. The number of fused-ring (bicyclic) bond motifs is 1. The predicted octanol–water partition coefficient (Wildman–Crippen LogP) is 4.91. The molecule has 2 aromatic rings. The van der Waals surface area contributed by atoms with Gasteiger partial charge in [0.1, 0.15) is 5.75 Å². The Morgan fingerprint density at radius 2 is 1.93 bits per heavy atom. The average molecular weight is 398 g/mol. The van der Waals surface area contributed by atoms with Crippen LogP contribution in [0.15, 0.2) is 24.3 Å². The van der Waals surface area contributed by atoms with E-state index >= 15 is 0 Å². The van der Waals surface area contributed by atoms with E-state index in [1.807, 2.05) is 52.8 Å². The van der Waals surface area contributed by atoms with Crippen LogP contribution in [0.2, 0.25) is 0 Å². The monoisotopic (exact) mass is 397 g/mol. The Balaban J connectivity index is 2.25. The highest BCUT2D eigenvalue weighted by Gasteiger charge is 2.33. The largest absolute Gasteiger partial charge is 0.493 e. The summed E-state index contributed by atoms with van der Waals surface area (Å²) in [5.41, 5.74) is 12.1. The van der Waals surface area contributed by atoms with Crippen LogP contribution in [-0.2, 0) is 20.7 Å². The van der Waals surface area contributed by atoms with Gasteiger partial charge in [-0.25, -0.2) is 4.79 Å². The smallest absolute Gasteiger partial charge is 0.339 e. The molecule has 0 aliphatic carbocycles. The number of ether oxygens (including phenoxy) is 3. The highest BCUT2D eigenvalue weighted by molar-refractivity contribution is 5.85. The molecule has 3 rings (SSSR count). The van der Waals surface area contributed by atoms with Crippen molar-refractivity contribution in [2.45, 2.75) is 59.2 Å². The van der Waals surface area contributed by atoms with Crippen molar-refractivity contribution in [3.8, 4) is 16.9 Å². The number of carbonyl (C=O) groups excluding carboxylic acids is 1. The fourth-order valence-corrected chi connectivity index (χ4v) is 3.88. The first-order chi connectivity index (χ1) is 13.6. The SMILES string of the molecule is COC(=O)[C@@H](OC(C)(C)C)c1c(C)c(N)cc(C)c1-c1ccc2c(c1)CCCO2.